The zero-order valence-electron chi connectivity index (χ0n) is 9.34. The van der Waals surface area contributed by atoms with E-state index in [4.69, 9.17) is 4.74 Å². The first-order valence-corrected chi connectivity index (χ1v) is 6.04. The highest BCUT2D eigenvalue weighted by Crippen LogP contribution is 2.27. The lowest BCUT2D eigenvalue weighted by molar-refractivity contribution is -0.142. The molecule has 0 aliphatic carbocycles. The Balaban J connectivity index is 1.90. The summed E-state index contributed by atoms with van der Waals surface area (Å²) in [5.41, 5.74) is 0. The van der Waals surface area contributed by atoms with Crippen LogP contribution in [0.4, 0.5) is 0 Å². The van der Waals surface area contributed by atoms with Crippen molar-refractivity contribution < 1.29 is 9.53 Å². The summed E-state index contributed by atoms with van der Waals surface area (Å²) in [6, 6.07) is -0.164. The van der Waals surface area contributed by atoms with Crippen LogP contribution in [0.1, 0.15) is 6.42 Å². The number of carbonyl (C=O) groups is 1. The van der Waals surface area contributed by atoms with Crippen molar-refractivity contribution in [3.05, 3.63) is 12.4 Å². The van der Waals surface area contributed by atoms with Crippen molar-refractivity contribution in [2.45, 2.75) is 22.9 Å². The van der Waals surface area contributed by atoms with Crippen molar-refractivity contribution in [3.8, 4) is 0 Å². The third kappa shape index (κ3) is 2.38. The maximum atomic E-state index is 11.3. The van der Waals surface area contributed by atoms with E-state index < -0.39 is 0 Å². The van der Waals surface area contributed by atoms with Gasteiger partial charge in [-0.05, 0) is 6.42 Å². The largest absolute Gasteiger partial charge is 0.468 e. The zero-order valence-corrected chi connectivity index (χ0v) is 10.2. The third-order valence-electron chi connectivity index (χ3n) is 2.63. The molecule has 1 aliphatic rings. The van der Waals surface area contributed by atoms with Crippen molar-refractivity contribution in [1.29, 1.82) is 0 Å². The molecule has 1 aromatic heterocycles. The first-order valence-electron chi connectivity index (χ1n) is 5.16. The summed E-state index contributed by atoms with van der Waals surface area (Å²) >= 11 is 1.70. The average Bonchev–Trinajstić information content (AvgIpc) is 2.89. The van der Waals surface area contributed by atoms with E-state index in [1.807, 2.05) is 17.8 Å². The van der Waals surface area contributed by atoms with Gasteiger partial charge in [0.1, 0.15) is 6.04 Å². The Morgan fingerprint density at radius 1 is 1.75 bits per heavy atom. The Labute approximate surface area is 98.6 Å². The highest BCUT2D eigenvalue weighted by atomic mass is 32.2. The molecule has 1 aliphatic heterocycles. The SMILES string of the molecule is COC(=O)[C@@H]1C[C@@H](Sc2nccn2C)CN1. The van der Waals surface area contributed by atoms with Gasteiger partial charge >= 0.3 is 5.97 Å². The fourth-order valence-electron chi connectivity index (χ4n) is 1.73. The van der Waals surface area contributed by atoms with Crippen molar-refractivity contribution in [1.82, 2.24) is 14.9 Å². The Bertz CT molecular complexity index is 380. The first kappa shape index (κ1) is 11.5. The summed E-state index contributed by atoms with van der Waals surface area (Å²) in [5.74, 6) is -0.178. The third-order valence-corrected chi connectivity index (χ3v) is 3.92. The van der Waals surface area contributed by atoms with Gasteiger partial charge in [0.2, 0.25) is 0 Å². The standard InChI is InChI=1S/C10H15N3O2S/c1-13-4-3-11-10(13)16-7-5-8(12-6-7)9(14)15-2/h3-4,7-8,12H,5-6H2,1-2H3/t7-,8+/m1/s1. The fourth-order valence-corrected chi connectivity index (χ4v) is 2.84. The number of hydrogen-bond acceptors (Lipinski definition) is 5. The molecule has 1 N–H and O–H groups in total. The quantitative estimate of drug-likeness (QED) is 0.777. The Morgan fingerprint density at radius 3 is 3.19 bits per heavy atom. The summed E-state index contributed by atoms with van der Waals surface area (Å²) in [5, 5.41) is 4.52. The lowest BCUT2D eigenvalue weighted by atomic mass is 10.2. The molecule has 1 aromatic rings. The number of ether oxygens (including phenoxy) is 1. The second kappa shape index (κ2) is 4.88. The molecule has 16 heavy (non-hydrogen) atoms. The number of nitrogens with zero attached hydrogens (tertiary/aromatic N) is 2. The summed E-state index contributed by atoms with van der Waals surface area (Å²) in [4.78, 5) is 15.6. The smallest absolute Gasteiger partial charge is 0.322 e. The summed E-state index contributed by atoms with van der Waals surface area (Å²) in [6.45, 7) is 0.817. The molecule has 0 spiro atoms. The molecule has 1 saturated heterocycles. The van der Waals surface area contributed by atoms with Crippen molar-refractivity contribution in [2.75, 3.05) is 13.7 Å². The number of imidazole rings is 1. The van der Waals surface area contributed by atoms with Gasteiger partial charge in [0, 0.05) is 31.2 Å². The van der Waals surface area contributed by atoms with Crippen LogP contribution in [0.15, 0.2) is 17.6 Å². The molecule has 0 unspecified atom stereocenters. The average molecular weight is 241 g/mol. The summed E-state index contributed by atoms with van der Waals surface area (Å²) < 4.78 is 6.69. The van der Waals surface area contributed by atoms with Gasteiger partial charge in [-0.25, -0.2) is 4.98 Å². The van der Waals surface area contributed by atoms with Gasteiger partial charge in [0.05, 0.1) is 7.11 Å². The van der Waals surface area contributed by atoms with Gasteiger partial charge in [0.15, 0.2) is 5.16 Å². The second-order valence-corrected chi connectivity index (χ2v) is 5.05. The number of hydrogen-bond donors (Lipinski definition) is 1. The molecule has 2 heterocycles. The molecule has 0 aromatic carbocycles. The van der Waals surface area contributed by atoms with Gasteiger partial charge in [-0.2, -0.15) is 0 Å². The second-order valence-electron chi connectivity index (χ2n) is 3.78. The molecule has 2 rings (SSSR count). The van der Waals surface area contributed by atoms with Gasteiger partial charge < -0.3 is 14.6 Å². The molecule has 0 radical (unpaired) electrons. The van der Waals surface area contributed by atoms with E-state index in [0.29, 0.717) is 5.25 Å². The highest BCUT2D eigenvalue weighted by Gasteiger charge is 2.31. The molecule has 0 bridgehead atoms. The predicted octanol–water partition coefficient (Wildman–Crippen LogP) is 0.416. The highest BCUT2D eigenvalue weighted by molar-refractivity contribution is 7.99. The van der Waals surface area contributed by atoms with Crippen LogP contribution in [0.3, 0.4) is 0 Å². The monoisotopic (exact) mass is 241 g/mol. The minimum atomic E-state index is -0.178. The minimum absolute atomic E-state index is 0.164. The number of rotatable bonds is 3. The molecule has 6 heteroatoms. The van der Waals surface area contributed by atoms with Gasteiger partial charge in [0.25, 0.3) is 0 Å². The predicted molar refractivity (Wildman–Crippen MR) is 61.3 cm³/mol. The number of carbonyl (C=O) groups excluding carboxylic acids is 1. The van der Waals surface area contributed by atoms with E-state index in [0.717, 1.165) is 18.1 Å². The van der Waals surface area contributed by atoms with Crippen LogP contribution in [0, 0.1) is 0 Å². The minimum Gasteiger partial charge on any atom is -0.468 e. The number of esters is 1. The molecular formula is C10H15N3O2S. The zero-order chi connectivity index (χ0) is 11.5. The van der Waals surface area contributed by atoms with E-state index in [1.54, 1.807) is 18.0 Å². The summed E-state index contributed by atoms with van der Waals surface area (Å²) in [6.07, 6.45) is 4.50. The number of methoxy groups -OCH3 is 1. The lowest BCUT2D eigenvalue weighted by Gasteiger charge is -2.08. The normalized spacial score (nSPS) is 24.6. The van der Waals surface area contributed by atoms with E-state index in [9.17, 15) is 4.79 Å². The van der Waals surface area contributed by atoms with Gasteiger partial charge in [-0.1, -0.05) is 11.8 Å². The number of nitrogens with one attached hydrogen (secondary N) is 1. The van der Waals surface area contributed by atoms with Crippen molar-refractivity contribution >= 4 is 17.7 Å². The van der Waals surface area contributed by atoms with Crippen LogP contribution in [0.25, 0.3) is 0 Å². The Hall–Kier alpha value is -1.01. The van der Waals surface area contributed by atoms with E-state index in [2.05, 4.69) is 10.3 Å². The number of thioether (sulfide) groups is 1. The molecule has 1 fully saturated rings. The maximum absolute atomic E-state index is 11.3. The molecule has 5 nitrogen and oxygen atoms in total. The van der Waals surface area contributed by atoms with Crippen LogP contribution in [0.5, 0.6) is 0 Å². The first-order chi connectivity index (χ1) is 7.70. The molecule has 0 saturated carbocycles. The topological polar surface area (TPSA) is 56.1 Å². The van der Waals surface area contributed by atoms with Crippen LogP contribution in [-0.2, 0) is 16.6 Å². The maximum Gasteiger partial charge on any atom is 0.322 e. The van der Waals surface area contributed by atoms with E-state index in [-0.39, 0.29) is 12.0 Å². The van der Waals surface area contributed by atoms with Crippen LogP contribution < -0.4 is 5.32 Å². The van der Waals surface area contributed by atoms with E-state index >= 15 is 0 Å². The summed E-state index contributed by atoms with van der Waals surface area (Å²) in [7, 11) is 3.39. The van der Waals surface area contributed by atoms with Crippen molar-refractivity contribution in [2.24, 2.45) is 7.05 Å². The van der Waals surface area contributed by atoms with Crippen LogP contribution >= 0.6 is 11.8 Å². The van der Waals surface area contributed by atoms with Crippen molar-refractivity contribution in [3.63, 3.8) is 0 Å². The van der Waals surface area contributed by atoms with E-state index in [1.165, 1.54) is 7.11 Å². The molecule has 2 atom stereocenters. The van der Waals surface area contributed by atoms with Gasteiger partial charge in [-0.3, -0.25) is 4.79 Å². The lowest BCUT2D eigenvalue weighted by Crippen LogP contribution is -2.31. The Morgan fingerprint density at radius 2 is 2.56 bits per heavy atom. The molecule has 88 valence electrons. The number of aromatic nitrogens is 2. The Kier molecular flexibility index (Phi) is 3.50. The van der Waals surface area contributed by atoms with Crippen LogP contribution in [-0.4, -0.2) is 40.5 Å². The van der Waals surface area contributed by atoms with Gasteiger partial charge in [-0.15, -0.1) is 0 Å². The molecular weight excluding hydrogens is 226 g/mol. The molecule has 0 amide bonds. The van der Waals surface area contributed by atoms with Crippen LogP contribution in [0.2, 0.25) is 0 Å². The fraction of sp³-hybridized carbons (Fsp3) is 0.600. The number of aryl methyl sites for hydroxylation is 1.